The van der Waals surface area contributed by atoms with Gasteiger partial charge in [-0.1, -0.05) is 49.7 Å². The van der Waals surface area contributed by atoms with Crippen molar-refractivity contribution in [2.45, 2.75) is 44.2 Å². The summed E-state index contributed by atoms with van der Waals surface area (Å²) in [6.07, 6.45) is 1.59. The maximum atomic E-state index is 13.8. The summed E-state index contributed by atoms with van der Waals surface area (Å²) in [5, 5.41) is 14.2. The Balaban J connectivity index is 2.02. The summed E-state index contributed by atoms with van der Waals surface area (Å²) in [5.74, 6) is -1.64. The van der Waals surface area contributed by atoms with Crippen molar-refractivity contribution in [2.24, 2.45) is 0 Å². The van der Waals surface area contributed by atoms with E-state index in [0.717, 1.165) is 23.2 Å². The van der Waals surface area contributed by atoms with E-state index < -0.39 is 45.2 Å². The molecule has 2 amide bonds. The van der Waals surface area contributed by atoms with Crippen LogP contribution in [-0.2, 0) is 26.2 Å². The summed E-state index contributed by atoms with van der Waals surface area (Å²) in [7, 11) is -4.35. The summed E-state index contributed by atoms with van der Waals surface area (Å²) in [4.78, 5) is 38.6. The Kier molecular flexibility index (Phi) is 10.3. The molecule has 0 heterocycles. The monoisotopic (exact) mass is 570 g/mol. The number of nitro groups is 1. The van der Waals surface area contributed by atoms with Crippen molar-refractivity contribution in [3.05, 3.63) is 100 Å². The van der Waals surface area contributed by atoms with Gasteiger partial charge < -0.3 is 10.2 Å². The Labute approximate surface area is 232 Å². The third-order valence-electron chi connectivity index (χ3n) is 6.20. The van der Waals surface area contributed by atoms with Gasteiger partial charge in [0.1, 0.15) is 18.4 Å². The van der Waals surface area contributed by atoms with Gasteiger partial charge in [-0.05, 0) is 49.2 Å². The second-order valence-electron chi connectivity index (χ2n) is 9.07. The molecule has 0 aromatic heterocycles. The average molecular weight is 571 g/mol. The highest BCUT2D eigenvalue weighted by Crippen LogP contribution is 2.27. The normalized spacial score (nSPS) is 11.9. The fourth-order valence-electron chi connectivity index (χ4n) is 3.92. The van der Waals surface area contributed by atoms with Gasteiger partial charge >= 0.3 is 0 Å². The Morgan fingerprint density at radius 3 is 2.33 bits per heavy atom. The molecule has 0 aliphatic rings. The van der Waals surface area contributed by atoms with Crippen LogP contribution in [0.3, 0.4) is 0 Å². The first-order valence-electron chi connectivity index (χ1n) is 12.7. The van der Waals surface area contributed by atoms with E-state index in [1.54, 1.807) is 6.07 Å². The number of nitrogens with zero attached hydrogens (tertiary/aromatic N) is 3. The van der Waals surface area contributed by atoms with Crippen molar-refractivity contribution in [3.8, 4) is 0 Å². The number of unbranched alkanes of at least 4 members (excludes halogenated alkanes) is 1. The molecule has 0 bridgehead atoms. The number of carbonyl (C=O) groups is 2. The van der Waals surface area contributed by atoms with Gasteiger partial charge in [-0.2, -0.15) is 0 Å². The van der Waals surface area contributed by atoms with Crippen LogP contribution in [0.2, 0.25) is 0 Å². The van der Waals surface area contributed by atoms with Gasteiger partial charge in [0, 0.05) is 25.2 Å². The van der Waals surface area contributed by atoms with Gasteiger partial charge in [0.2, 0.25) is 11.8 Å². The topological polar surface area (TPSA) is 130 Å². The van der Waals surface area contributed by atoms with Crippen LogP contribution in [0.1, 0.15) is 32.3 Å². The number of nitrogens with one attached hydrogen (secondary N) is 1. The van der Waals surface area contributed by atoms with Gasteiger partial charge in [-0.15, -0.1) is 0 Å². The van der Waals surface area contributed by atoms with Crippen LogP contribution in [0.4, 0.5) is 15.8 Å². The van der Waals surface area contributed by atoms with Crippen molar-refractivity contribution in [2.75, 3.05) is 17.4 Å². The zero-order valence-corrected chi connectivity index (χ0v) is 23.0. The number of carbonyl (C=O) groups excluding carboxylic acids is 2. The number of amides is 2. The number of sulfonamides is 1. The predicted octanol–water partition coefficient (Wildman–Crippen LogP) is 4.26. The maximum absolute atomic E-state index is 13.8. The van der Waals surface area contributed by atoms with E-state index in [1.807, 2.05) is 6.92 Å². The van der Waals surface area contributed by atoms with Crippen molar-refractivity contribution in [1.29, 1.82) is 0 Å². The SMILES string of the molecule is CCCCNC(=O)C(C)N(Cc1ccc(F)cc1)C(=O)CN(c1cccc([N+](=O)[O-])c1)S(=O)(=O)c1ccccc1. The second kappa shape index (κ2) is 13.7. The van der Waals surface area contributed by atoms with Crippen LogP contribution in [0.15, 0.2) is 83.8 Å². The number of hydrogen-bond acceptors (Lipinski definition) is 6. The lowest BCUT2D eigenvalue weighted by molar-refractivity contribution is -0.384. The number of hydrogen-bond donors (Lipinski definition) is 1. The molecular formula is C28H31FN4O6S. The Bertz CT molecular complexity index is 1430. The Hall–Kier alpha value is -4.32. The molecule has 1 atom stereocenters. The standard InChI is InChI=1S/C28H31FN4O6S/c1-3-4-17-30-28(35)21(2)31(19-22-13-15-23(29)16-14-22)27(34)20-32(24-9-8-10-25(18-24)33(36)37)40(38,39)26-11-6-5-7-12-26/h5-16,18,21H,3-4,17,19-20H2,1-2H3,(H,30,35). The van der Waals surface area contributed by atoms with E-state index in [4.69, 9.17) is 0 Å². The molecule has 0 saturated heterocycles. The highest BCUT2D eigenvalue weighted by molar-refractivity contribution is 7.92. The van der Waals surface area contributed by atoms with E-state index in [2.05, 4.69) is 5.32 Å². The molecule has 40 heavy (non-hydrogen) atoms. The highest BCUT2D eigenvalue weighted by Gasteiger charge is 2.33. The molecule has 0 aliphatic carbocycles. The Morgan fingerprint density at radius 1 is 1.02 bits per heavy atom. The third-order valence-corrected chi connectivity index (χ3v) is 7.99. The molecule has 0 radical (unpaired) electrons. The molecule has 212 valence electrons. The molecule has 0 spiro atoms. The van der Waals surface area contributed by atoms with E-state index in [0.29, 0.717) is 12.1 Å². The van der Waals surface area contributed by atoms with Crippen LogP contribution < -0.4 is 9.62 Å². The smallest absolute Gasteiger partial charge is 0.271 e. The molecular weight excluding hydrogens is 539 g/mol. The Morgan fingerprint density at radius 2 is 1.70 bits per heavy atom. The van der Waals surface area contributed by atoms with Crippen LogP contribution in [0.5, 0.6) is 0 Å². The van der Waals surface area contributed by atoms with Crippen LogP contribution in [0, 0.1) is 15.9 Å². The third kappa shape index (κ3) is 7.63. The minimum Gasteiger partial charge on any atom is -0.354 e. The first-order chi connectivity index (χ1) is 19.0. The van der Waals surface area contributed by atoms with Crippen molar-refractivity contribution in [1.82, 2.24) is 10.2 Å². The molecule has 1 unspecified atom stereocenters. The van der Waals surface area contributed by atoms with Gasteiger partial charge in [-0.3, -0.25) is 24.0 Å². The molecule has 0 aliphatic heterocycles. The molecule has 10 nitrogen and oxygen atoms in total. The number of halogens is 1. The fraction of sp³-hybridized carbons (Fsp3) is 0.286. The van der Waals surface area contributed by atoms with E-state index >= 15 is 0 Å². The van der Waals surface area contributed by atoms with Gasteiger partial charge in [0.15, 0.2) is 0 Å². The molecule has 1 N–H and O–H groups in total. The molecule has 0 saturated carbocycles. The van der Waals surface area contributed by atoms with E-state index in [-0.39, 0.29) is 22.8 Å². The zero-order chi connectivity index (χ0) is 29.3. The lowest BCUT2D eigenvalue weighted by Gasteiger charge is -2.32. The van der Waals surface area contributed by atoms with Crippen molar-refractivity contribution in [3.63, 3.8) is 0 Å². The average Bonchev–Trinajstić information content (AvgIpc) is 2.95. The highest BCUT2D eigenvalue weighted by atomic mass is 32.2. The van der Waals surface area contributed by atoms with Crippen LogP contribution >= 0.6 is 0 Å². The van der Waals surface area contributed by atoms with Gasteiger partial charge in [-0.25, -0.2) is 12.8 Å². The van der Waals surface area contributed by atoms with Crippen LogP contribution in [-0.4, -0.2) is 49.2 Å². The second-order valence-corrected chi connectivity index (χ2v) is 10.9. The van der Waals surface area contributed by atoms with E-state index in [9.17, 15) is 32.5 Å². The summed E-state index contributed by atoms with van der Waals surface area (Å²) in [6.45, 7) is 3.05. The summed E-state index contributed by atoms with van der Waals surface area (Å²) >= 11 is 0. The number of nitro benzene ring substituents is 1. The zero-order valence-electron chi connectivity index (χ0n) is 22.2. The quantitative estimate of drug-likeness (QED) is 0.186. The number of anilines is 1. The largest absolute Gasteiger partial charge is 0.354 e. The molecule has 3 aromatic carbocycles. The van der Waals surface area contributed by atoms with E-state index in [1.165, 1.54) is 78.6 Å². The fourth-order valence-corrected chi connectivity index (χ4v) is 5.34. The lowest BCUT2D eigenvalue weighted by Crippen LogP contribution is -2.51. The molecule has 3 aromatic rings. The van der Waals surface area contributed by atoms with Crippen molar-refractivity contribution >= 4 is 33.2 Å². The lowest BCUT2D eigenvalue weighted by atomic mass is 10.1. The molecule has 0 fully saturated rings. The number of benzene rings is 3. The number of non-ortho nitro benzene ring substituents is 1. The minimum atomic E-state index is -4.35. The molecule has 3 rings (SSSR count). The first-order valence-corrected chi connectivity index (χ1v) is 14.1. The van der Waals surface area contributed by atoms with Gasteiger partial charge in [0.25, 0.3) is 15.7 Å². The van der Waals surface area contributed by atoms with Crippen LogP contribution in [0.25, 0.3) is 0 Å². The van der Waals surface area contributed by atoms with Crippen molar-refractivity contribution < 1.29 is 27.3 Å². The minimum absolute atomic E-state index is 0.0896. The van der Waals surface area contributed by atoms with Gasteiger partial charge in [0.05, 0.1) is 15.5 Å². The first kappa shape index (κ1) is 30.2. The predicted molar refractivity (Wildman–Crippen MR) is 148 cm³/mol. The number of rotatable bonds is 13. The summed E-state index contributed by atoms with van der Waals surface area (Å²) < 4.78 is 41.7. The summed E-state index contributed by atoms with van der Waals surface area (Å²) in [6, 6.07) is 16.7. The molecule has 12 heteroatoms. The summed E-state index contributed by atoms with van der Waals surface area (Å²) in [5.41, 5.74) is 0.0778. The maximum Gasteiger partial charge on any atom is 0.271 e.